The highest BCUT2D eigenvalue weighted by atomic mass is 32.2. The van der Waals surface area contributed by atoms with Gasteiger partial charge >= 0.3 is 0 Å². The zero-order valence-corrected chi connectivity index (χ0v) is 18.4. The van der Waals surface area contributed by atoms with E-state index in [1.165, 1.54) is 12.1 Å². The molecule has 0 aliphatic heterocycles. The monoisotopic (exact) mass is 438 g/mol. The first-order chi connectivity index (χ1) is 14.9. The number of anilines is 1. The van der Waals surface area contributed by atoms with E-state index in [-0.39, 0.29) is 17.5 Å². The van der Waals surface area contributed by atoms with Crippen molar-refractivity contribution in [3.05, 3.63) is 90.5 Å². The van der Waals surface area contributed by atoms with Gasteiger partial charge in [-0.25, -0.2) is 8.42 Å². The van der Waals surface area contributed by atoms with E-state index in [9.17, 15) is 13.2 Å². The SMILES string of the molecule is CCOc1ccccc1N(CC(=O)N[C@H](C)c1ccccc1)S(=O)(=O)c1ccccc1. The van der Waals surface area contributed by atoms with Gasteiger partial charge in [-0.2, -0.15) is 0 Å². The van der Waals surface area contributed by atoms with Crippen molar-refractivity contribution >= 4 is 21.6 Å². The van der Waals surface area contributed by atoms with Crippen LogP contribution in [-0.4, -0.2) is 27.5 Å². The van der Waals surface area contributed by atoms with Crippen LogP contribution in [0.25, 0.3) is 0 Å². The normalized spacial score (nSPS) is 12.1. The summed E-state index contributed by atoms with van der Waals surface area (Å²) in [5, 5.41) is 2.89. The van der Waals surface area contributed by atoms with E-state index in [1.54, 1.807) is 42.5 Å². The molecule has 1 N–H and O–H groups in total. The third-order valence-corrected chi connectivity index (χ3v) is 6.50. The molecule has 0 fully saturated rings. The Morgan fingerprint density at radius 2 is 1.52 bits per heavy atom. The van der Waals surface area contributed by atoms with E-state index in [2.05, 4.69) is 5.32 Å². The molecule has 0 spiro atoms. The Kier molecular flexibility index (Phi) is 7.31. The van der Waals surface area contributed by atoms with Crippen molar-refractivity contribution in [2.45, 2.75) is 24.8 Å². The van der Waals surface area contributed by atoms with E-state index < -0.39 is 15.9 Å². The first-order valence-corrected chi connectivity index (χ1v) is 11.5. The minimum Gasteiger partial charge on any atom is -0.492 e. The maximum atomic E-state index is 13.5. The lowest BCUT2D eigenvalue weighted by Gasteiger charge is -2.26. The summed E-state index contributed by atoms with van der Waals surface area (Å²) < 4.78 is 33.7. The summed E-state index contributed by atoms with van der Waals surface area (Å²) in [5.41, 5.74) is 1.25. The molecule has 6 nitrogen and oxygen atoms in total. The second-order valence-electron chi connectivity index (χ2n) is 6.93. The number of benzene rings is 3. The number of rotatable bonds is 9. The van der Waals surface area contributed by atoms with Crippen LogP contribution in [0.2, 0.25) is 0 Å². The molecule has 3 aromatic carbocycles. The Labute approximate surface area is 183 Å². The van der Waals surface area contributed by atoms with Crippen molar-refractivity contribution in [1.82, 2.24) is 5.32 Å². The Hall–Kier alpha value is -3.32. The van der Waals surface area contributed by atoms with Gasteiger partial charge in [0.05, 0.1) is 23.2 Å². The molecule has 0 heterocycles. The lowest BCUT2D eigenvalue weighted by atomic mass is 10.1. The largest absolute Gasteiger partial charge is 0.492 e. The molecule has 0 bridgehead atoms. The highest BCUT2D eigenvalue weighted by Crippen LogP contribution is 2.32. The molecule has 3 aromatic rings. The van der Waals surface area contributed by atoms with E-state index in [4.69, 9.17) is 4.74 Å². The zero-order chi connectivity index (χ0) is 22.3. The average molecular weight is 439 g/mol. The van der Waals surface area contributed by atoms with Crippen molar-refractivity contribution in [3.63, 3.8) is 0 Å². The number of ether oxygens (including phenoxy) is 1. The van der Waals surface area contributed by atoms with E-state index in [1.807, 2.05) is 44.2 Å². The van der Waals surface area contributed by atoms with Crippen LogP contribution < -0.4 is 14.4 Å². The molecule has 31 heavy (non-hydrogen) atoms. The van der Waals surface area contributed by atoms with E-state index in [0.717, 1.165) is 9.87 Å². The van der Waals surface area contributed by atoms with Gasteiger partial charge in [0.1, 0.15) is 12.3 Å². The van der Waals surface area contributed by atoms with Crippen molar-refractivity contribution < 1.29 is 17.9 Å². The van der Waals surface area contributed by atoms with Crippen LogP contribution in [0.5, 0.6) is 5.75 Å². The molecule has 3 rings (SSSR count). The molecule has 1 atom stereocenters. The molecule has 0 saturated heterocycles. The highest BCUT2D eigenvalue weighted by molar-refractivity contribution is 7.92. The van der Waals surface area contributed by atoms with Crippen molar-refractivity contribution in [2.75, 3.05) is 17.5 Å². The number of hydrogen-bond donors (Lipinski definition) is 1. The Bertz CT molecular complexity index is 1100. The van der Waals surface area contributed by atoms with Crippen LogP contribution in [-0.2, 0) is 14.8 Å². The molecule has 0 aliphatic rings. The van der Waals surface area contributed by atoms with E-state index in [0.29, 0.717) is 18.0 Å². The van der Waals surface area contributed by atoms with E-state index >= 15 is 0 Å². The minimum absolute atomic E-state index is 0.102. The quantitative estimate of drug-likeness (QED) is 0.544. The number of carbonyl (C=O) groups excluding carboxylic acids is 1. The topological polar surface area (TPSA) is 75.7 Å². The van der Waals surface area contributed by atoms with Crippen LogP contribution in [0.1, 0.15) is 25.5 Å². The smallest absolute Gasteiger partial charge is 0.264 e. The second kappa shape index (κ2) is 10.1. The Morgan fingerprint density at radius 3 is 2.16 bits per heavy atom. The standard InChI is InChI=1S/C24H26N2O4S/c1-3-30-23-17-11-10-16-22(23)26(31(28,29)21-14-8-5-9-15-21)18-24(27)25-19(2)20-12-6-4-7-13-20/h4-17,19H,3,18H2,1-2H3,(H,25,27)/t19-/m1/s1. The second-order valence-corrected chi connectivity index (χ2v) is 8.79. The molecule has 162 valence electrons. The number of sulfonamides is 1. The number of hydrogen-bond acceptors (Lipinski definition) is 4. The molecule has 0 aromatic heterocycles. The first-order valence-electron chi connectivity index (χ1n) is 10.1. The average Bonchev–Trinajstić information content (AvgIpc) is 2.79. The maximum absolute atomic E-state index is 13.5. The fraction of sp³-hybridized carbons (Fsp3) is 0.208. The summed E-state index contributed by atoms with van der Waals surface area (Å²) in [6, 6.07) is 24.1. The van der Waals surface area contributed by atoms with Gasteiger partial charge < -0.3 is 10.1 Å². The summed E-state index contributed by atoms with van der Waals surface area (Å²) in [7, 11) is -4.00. The first kappa shape index (κ1) is 22.4. The number of nitrogens with one attached hydrogen (secondary N) is 1. The van der Waals surface area contributed by atoms with Gasteiger partial charge in [-0.05, 0) is 43.7 Å². The lowest BCUT2D eigenvalue weighted by molar-refractivity contribution is -0.120. The van der Waals surface area contributed by atoms with Crippen molar-refractivity contribution in [3.8, 4) is 5.75 Å². The number of carbonyl (C=O) groups is 1. The molecule has 0 saturated carbocycles. The molecule has 1 amide bonds. The van der Waals surface area contributed by atoms with Gasteiger partial charge in [-0.1, -0.05) is 60.7 Å². The number of para-hydroxylation sites is 2. The Morgan fingerprint density at radius 1 is 0.935 bits per heavy atom. The molecular weight excluding hydrogens is 412 g/mol. The van der Waals surface area contributed by atoms with Crippen LogP contribution in [0.15, 0.2) is 89.8 Å². The summed E-state index contributed by atoms with van der Waals surface area (Å²) in [5.74, 6) is -0.0180. The maximum Gasteiger partial charge on any atom is 0.264 e. The summed E-state index contributed by atoms with van der Waals surface area (Å²) in [6.07, 6.45) is 0. The lowest BCUT2D eigenvalue weighted by Crippen LogP contribution is -2.41. The van der Waals surface area contributed by atoms with Crippen molar-refractivity contribution in [2.24, 2.45) is 0 Å². The van der Waals surface area contributed by atoms with Gasteiger partial charge in [0, 0.05) is 0 Å². The third-order valence-electron chi connectivity index (χ3n) is 4.73. The fourth-order valence-electron chi connectivity index (χ4n) is 3.20. The summed E-state index contributed by atoms with van der Waals surface area (Å²) >= 11 is 0. The third kappa shape index (κ3) is 5.44. The van der Waals surface area contributed by atoms with Gasteiger partial charge in [-0.3, -0.25) is 9.10 Å². The fourth-order valence-corrected chi connectivity index (χ4v) is 4.66. The van der Waals surface area contributed by atoms with Crippen LogP contribution in [0, 0.1) is 0 Å². The van der Waals surface area contributed by atoms with Crippen LogP contribution in [0.3, 0.4) is 0 Å². The molecule has 0 radical (unpaired) electrons. The van der Waals surface area contributed by atoms with Crippen LogP contribution in [0.4, 0.5) is 5.69 Å². The zero-order valence-electron chi connectivity index (χ0n) is 17.6. The molecule has 0 unspecified atom stereocenters. The minimum atomic E-state index is -4.00. The Balaban J connectivity index is 1.94. The predicted octanol–water partition coefficient (Wildman–Crippen LogP) is 4.16. The van der Waals surface area contributed by atoms with Crippen molar-refractivity contribution in [1.29, 1.82) is 0 Å². The van der Waals surface area contributed by atoms with Gasteiger partial charge in [-0.15, -0.1) is 0 Å². The predicted molar refractivity (Wildman–Crippen MR) is 122 cm³/mol. The molecule has 7 heteroatoms. The summed E-state index contributed by atoms with van der Waals surface area (Å²) in [4.78, 5) is 13.0. The molecular formula is C24H26N2O4S. The summed E-state index contributed by atoms with van der Waals surface area (Å²) in [6.45, 7) is 3.67. The number of nitrogens with zero attached hydrogens (tertiary/aromatic N) is 1. The van der Waals surface area contributed by atoms with Gasteiger partial charge in [0.2, 0.25) is 5.91 Å². The van der Waals surface area contributed by atoms with Gasteiger partial charge in [0.15, 0.2) is 0 Å². The number of amides is 1. The highest BCUT2D eigenvalue weighted by Gasteiger charge is 2.29. The molecule has 0 aliphatic carbocycles. The van der Waals surface area contributed by atoms with Crippen LogP contribution >= 0.6 is 0 Å². The van der Waals surface area contributed by atoms with Gasteiger partial charge in [0.25, 0.3) is 10.0 Å².